The van der Waals surface area contributed by atoms with Crippen LogP contribution in [0.15, 0.2) is 0 Å². The predicted octanol–water partition coefficient (Wildman–Crippen LogP) is 5.33. The summed E-state index contributed by atoms with van der Waals surface area (Å²) < 4.78 is 4.19. The van der Waals surface area contributed by atoms with Gasteiger partial charge in [0.1, 0.15) is 5.78 Å². The van der Waals surface area contributed by atoms with Crippen molar-refractivity contribution in [3.8, 4) is 6.07 Å². The molecule has 0 aliphatic carbocycles. The van der Waals surface area contributed by atoms with Crippen molar-refractivity contribution in [3.63, 3.8) is 0 Å². The van der Waals surface area contributed by atoms with Gasteiger partial charge in [-0.2, -0.15) is 5.26 Å². The van der Waals surface area contributed by atoms with Crippen LogP contribution in [0, 0.1) is 11.3 Å². The number of nitrogens with zero attached hydrogens (tertiary/aromatic N) is 1. The van der Waals surface area contributed by atoms with Gasteiger partial charge in [0.2, 0.25) is 0 Å². The Balaban J connectivity index is -0.0000000755. The molecule has 8 heteroatoms. The fourth-order valence-corrected chi connectivity index (χ4v) is 0.510. The molecule has 0 aromatic carbocycles. The van der Waals surface area contributed by atoms with Gasteiger partial charge in [0, 0.05) is 20.1 Å². The molecule has 19 heavy (non-hydrogen) atoms. The summed E-state index contributed by atoms with van der Waals surface area (Å²) in [4.78, 5) is 9.44. The maximum absolute atomic E-state index is 9.44. The number of hydrogen-bond donors (Lipinski definition) is 0. The minimum Gasteiger partial charge on any atom is -0.381 e. The quantitative estimate of drug-likeness (QED) is 0.538. The van der Waals surface area contributed by atoms with Crippen LogP contribution >= 0.6 is 58.0 Å². The van der Waals surface area contributed by atoms with Crippen molar-refractivity contribution in [2.75, 3.05) is 18.6 Å². The van der Waals surface area contributed by atoms with Gasteiger partial charge in [0.25, 0.3) is 0 Å². The number of carbonyl (C=O) groups excluding carboxylic acids is 1. The van der Waals surface area contributed by atoms with E-state index in [4.69, 9.17) is 68.0 Å². The SMILES string of the molecule is C1CCOC1.CC#N.CC(C)=O.ClC(Cl)Cl.ClCCl. The Kier molecular flexibility index (Phi) is 45.6. The summed E-state index contributed by atoms with van der Waals surface area (Å²) in [5, 5.41) is 7.51. The first-order valence-corrected chi connectivity index (χ1v) is 7.57. The molecule has 0 aromatic rings. The normalized spacial score (nSPS) is 10.9. The molecule has 0 unspecified atom stereocenters. The third kappa shape index (κ3) is 164. The molecule has 1 aliphatic rings. The molecule has 0 saturated carbocycles. The van der Waals surface area contributed by atoms with Crippen molar-refractivity contribution in [1.82, 2.24) is 0 Å². The van der Waals surface area contributed by atoms with E-state index < -0.39 is 4.30 Å². The Morgan fingerprint density at radius 1 is 1.21 bits per heavy atom. The maximum atomic E-state index is 9.44. The van der Waals surface area contributed by atoms with Crippen LogP contribution in [0.2, 0.25) is 0 Å². The molecular weight excluding hydrogens is 355 g/mol. The van der Waals surface area contributed by atoms with Crippen LogP contribution < -0.4 is 0 Å². The molecule has 1 aliphatic heterocycles. The molecule has 0 radical (unpaired) electrons. The zero-order valence-corrected chi connectivity index (χ0v) is 15.0. The second kappa shape index (κ2) is 31.1. The number of halogens is 5. The average molecular weight is 376 g/mol. The molecule has 0 aromatic heterocycles. The second-order valence-electron chi connectivity index (χ2n) is 2.80. The van der Waals surface area contributed by atoms with E-state index in [1.54, 1.807) is 6.07 Å². The molecular formula is C11H20Cl5NO2. The lowest BCUT2D eigenvalue weighted by Crippen LogP contribution is -1.74. The van der Waals surface area contributed by atoms with Gasteiger partial charge in [0.05, 0.1) is 11.4 Å². The molecule has 0 spiro atoms. The first kappa shape index (κ1) is 27.8. The van der Waals surface area contributed by atoms with Gasteiger partial charge < -0.3 is 9.53 Å². The maximum Gasteiger partial charge on any atom is 0.180 e. The van der Waals surface area contributed by atoms with Gasteiger partial charge in [-0.3, -0.25) is 0 Å². The first-order chi connectivity index (χ1) is 8.79. The van der Waals surface area contributed by atoms with E-state index in [9.17, 15) is 4.79 Å². The van der Waals surface area contributed by atoms with Crippen LogP contribution in [0.3, 0.4) is 0 Å². The molecule has 1 saturated heterocycles. The van der Waals surface area contributed by atoms with Crippen LogP contribution in [0.25, 0.3) is 0 Å². The number of hydrogen-bond acceptors (Lipinski definition) is 3. The number of rotatable bonds is 0. The van der Waals surface area contributed by atoms with Gasteiger partial charge >= 0.3 is 0 Å². The van der Waals surface area contributed by atoms with Gasteiger partial charge in [-0.1, -0.05) is 34.8 Å². The molecule has 0 N–H and O–H groups in total. The molecule has 0 amide bonds. The Hall–Kier alpha value is 0.570. The third-order valence-corrected chi connectivity index (χ3v) is 0.827. The Bertz CT molecular complexity index is 180. The minimum atomic E-state index is -0.750. The van der Waals surface area contributed by atoms with E-state index in [0.717, 1.165) is 13.2 Å². The van der Waals surface area contributed by atoms with Gasteiger partial charge in [-0.15, -0.1) is 23.2 Å². The molecule has 3 nitrogen and oxygen atoms in total. The van der Waals surface area contributed by atoms with Crippen molar-refractivity contribution in [3.05, 3.63) is 0 Å². The summed E-state index contributed by atoms with van der Waals surface area (Å²) in [5.74, 6) is 0.167. The van der Waals surface area contributed by atoms with Crippen LogP contribution in [0.1, 0.15) is 33.6 Å². The van der Waals surface area contributed by atoms with Crippen LogP contribution in [-0.4, -0.2) is 28.6 Å². The Morgan fingerprint density at radius 3 is 1.42 bits per heavy atom. The van der Waals surface area contributed by atoms with Gasteiger partial charge in [0.15, 0.2) is 4.30 Å². The van der Waals surface area contributed by atoms with E-state index >= 15 is 0 Å². The van der Waals surface area contributed by atoms with Crippen molar-refractivity contribution in [2.24, 2.45) is 0 Å². The van der Waals surface area contributed by atoms with E-state index in [-0.39, 0.29) is 11.1 Å². The molecule has 1 heterocycles. The van der Waals surface area contributed by atoms with E-state index in [1.807, 2.05) is 0 Å². The van der Waals surface area contributed by atoms with Crippen molar-refractivity contribution in [2.45, 2.75) is 37.9 Å². The van der Waals surface area contributed by atoms with Crippen molar-refractivity contribution >= 4 is 63.8 Å². The summed E-state index contributed by atoms with van der Waals surface area (Å²) in [6.07, 6.45) is 2.56. The highest BCUT2D eigenvalue weighted by Crippen LogP contribution is 2.03. The standard InChI is InChI=1S/C4H8O.C3H6O.C2H3N.CHCl3.CH2Cl2/c1-2-4-5-3-1;1-3(2)4;1-2-3;2-1(3)4;2-1-3/h1-4H2;1-2H3;1H3;1H;1H2. The highest BCUT2D eigenvalue weighted by Gasteiger charge is 1.94. The van der Waals surface area contributed by atoms with Crippen molar-refractivity contribution < 1.29 is 9.53 Å². The largest absolute Gasteiger partial charge is 0.381 e. The van der Waals surface area contributed by atoms with Crippen LogP contribution in [0.4, 0.5) is 0 Å². The lowest BCUT2D eigenvalue weighted by Gasteiger charge is -1.76. The lowest BCUT2D eigenvalue weighted by molar-refractivity contribution is -0.114. The van der Waals surface area contributed by atoms with Crippen LogP contribution in [0.5, 0.6) is 0 Å². The summed E-state index contributed by atoms with van der Waals surface area (Å²) in [6, 6.07) is 1.75. The summed E-state index contributed by atoms with van der Waals surface area (Å²) in [5.41, 5.74) is 0. The smallest absolute Gasteiger partial charge is 0.180 e. The highest BCUT2D eigenvalue weighted by molar-refractivity contribution is 6.63. The number of carbonyl (C=O) groups is 1. The highest BCUT2D eigenvalue weighted by atomic mass is 35.6. The number of ketones is 1. The van der Waals surface area contributed by atoms with Gasteiger partial charge in [-0.25, -0.2) is 0 Å². The Morgan fingerprint density at radius 2 is 1.37 bits per heavy atom. The monoisotopic (exact) mass is 373 g/mol. The number of ether oxygens (including phenoxy) is 1. The minimum absolute atomic E-state index is 0.167. The molecule has 0 bridgehead atoms. The zero-order chi connectivity index (χ0) is 16.1. The third-order valence-electron chi connectivity index (χ3n) is 0.827. The lowest BCUT2D eigenvalue weighted by atomic mass is 10.4. The molecule has 0 atom stereocenters. The van der Waals surface area contributed by atoms with Crippen molar-refractivity contribution in [1.29, 1.82) is 5.26 Å². The fraction of sp³-hybridized carbons (Fsp3) is 0.818. The van der Waals surface area contributed by atoms with E-state index in [2.05, 4.69) is 0 Å². The predicted molar refractivity (Wildman–Crippen MR) is 85.6 cm³/mol. The number of alkyl halides is 5. The fourth-order valence-electron chi connectivity index (χ4n) is 0.510. The Labute approximate surface area is 141 Å². The molecule has 1 rings (SSSR count). The summed E-state index contributed by atoms with van der Waals surface area (Å²) >= 11 is 23.9. The molecule has 116 valence electrons. The van der Waals surface area contributed by atoms with Gasteiger partial charge in [-0.05, 0) is 26.7 Å². The second-order valence-corrected chi connectivity index (χ2v) is 5.59. The molecule has 1 fully saturated rings. The summed E-state index contributed by atoms with van der Waals surface area (Å²) in [7, 11) is 0. The zero-order valence-electron chi connectivity index (χ0n) is 11.3. The summed E-state index contributed by atoms with van der Waals surface area (Å²) in [6.45, 7) is 6.49. The first-order valence-electron chi connectivity index (χ1n) is 5.19. The topological polar surface area (TPSA) is 50.1 Å². The number of nitriles is 1. The van der Waals surface area contributed by atoms with E-state index in [1.165, 1.54) is 33.6 Å². The number of Topliss-reactive ketones (excluding diaryl/α,β-unsaturated/α-hetero) is 1. The van der Waals surface area contributed by atoms with Crippen LogP contribution in [-0.2, 0) is 9.53 Å². The average Bonchev–Trinajstić information content (AvgIpc) is 2.74. The van der Waals surface area contributed by atoms with E-state index in [0.29, 0.717) is 0 Å².